The highest BCUT2D eigenvalue weighted by Gasteiger charge is 1.75. The zero-order valence-electron chi connectivity index (χ0n) is 6.70. The topological polar surface area (TPSA) is 9.23 Å². The number of ether oxygens (including phenoxy) is 1. The van der Waals surface area contributed by atoms with Gasteiger partial charge in [-0.3, -0.25) is 0 Å². The number of allylic oxidation sites excluding steroid dienone is 4. The summed E-state index contributed by atoms with van der Waals surface area (Å²) in [6.07, 6.45) is 11.0. The van der Waals surface area contributed by atoms with Gasteiger partial charge in [0, 0.05) is 0 Å². The van der Waals surface area contributed by atoms with Gasteiger partial charge in [-0.05, 0) is 0 Å². The van der Waals surface area contributed by atoms with Crippen LogP contribution in [0.4, 0.5) is 0 Å². The zero-order valence-corrected chi connectivity index (χ0v) is 6.70. The summed E-state index contributed by atoms with van der Waals surface area (Å²) in [6.45, 7) is 8.34. The minimum atomic E-state index is 0.632. The van der Waals surface area contributed by atoms with E-state index in [1.807, 2.05) is 24.3 Å². The maximum absolute atomic E-state index is 5.17. The van der Waals surface area contributed by atoms with Gasteiger partial charge in [-0.25, -0.2) is 0 Å². The molecule has 1 heteroatoms. The molecule has 0 aromatic rings. The third-order valence-electron chi connectivity index (χ3n) is 0.972. The number of hydrogen-bond donors (Lipinski definition) is 0. The number of hydrogen-bond acceptors (Lipinski definition) is 1. The van der Waals surface area contributed by atoms with Gasteiger partial charge < -0.3 is 4.74 Å². The van der Waals surface area contributed by atoms with E-state index in [2.05, 4.69) is 13.2 Å². The van der Waals surface area contributed by atoms with E-state index in [1.54, 1.807) is 12.2 Å². The second kappa shape index (κ2) is 8.92. The van der Waals surface area contributed by atoms with Crippen molar-refractivity contribution in [1.29, 1.82) is 0 Å². The van der Waals surface area contributed by atoms with Gasteiger partial charge in [0.1, 0.15) is 0 Å². The molecule has 0 spiro atoms. The monoisotopic (exact) mass is 150 g/mol. The molecule has 0 aliphatic carbocycles. The molecule has 0 heterocycles. The van der Waals surface area contributed by atoms with Gasteiger partial charge in [-0.15, -0.1) is 0 Å². The van der Waals surface area contributed by atoms with Gasteiger partial charge >= 0.3 is 0 Å². The van der Waals surface area contributed by atoms with E-state index in [9.17, 15) is 0 Å². The van der Waals surface area contributed by atoms with Crippen molar-refractivity contribution in [3.05, 3.63) is 49.6 Å². The normalized spacial score (nSPS) is 10.9. The van der Waals surface area contributed by atoms with E-state index in [0.29, 0.717) is 13.2 Å². The Hall–Kier alpha value is -1.08. The third kappa shape index (κ3) is 8.92. The van der Waals surface area contributed by atoms with Gasteiger partial charge in [-0.1, -0.05) is 49.6 Å². The van der Waals surface area contributed by atoms with Crippen LogP contribution >= 0.6 is 0 Å². The van der Waals surface area contributed by atoms with Crippen LogP contribution in [0.1, 0.15) is 0 Å². The third-order valence-corrected chi connectivity index (χ3v) is 0.972. The Kier molecular flexibility index (Phi) is 8.04. The van der Waals surface area contributed by atoms with Crippen molar-refractivity contribution >= 4 is 0 Å². The van der Waals surface area contributed by atoms with Crippen molar-refractivity contribution in [2.24, 2.45) is 0 Å². The highest BCUT2D eigenvalue weighted by molar-refractivity contribution is 4.98. The largest absolute Gasteiger partial charge is 0.373 e. The first-order valence-electron chi connectivity index (χ1n) is 3.54. The molecule has 0 aromatic heterocycles. The molecule has 0 fully saturated rings. The van der Waals surface area contributed by atoms with Crippen LogP contribution in [-0.2, 0) is 4.74 Å². The van der Waals surface area contributed by atoms with E-state index in [-0.39, 0.29) is 0 Å². The predicted octanol–water partition coefficient (Wildman–Crippen LogP) is 2.49. The summed E-state index contributed by atoms with van der Waals surface area (Å²) in [5.74, 6) is 0. The molecule has 11 heavy (non-hydrogen) atoms. The van der Waals surface area contributed by atoms with Crippen molar-refractivity contribution < 1.29 is 4.74 Å². The maximum Gasteiger partial charge on any atom is 0.0654 e. The van der Waals surface area contributed by atoms with Gasteiger partial charge in [0.2, 0.25) is 0 Å². The van der Waals surface area contributed by atoms with Crippen LogP contribution < -0.4 is 0 Å². The summed E-state index contributed by atoms with van der Waals surface area (Å²) in [7, 11) is 0. The van der Waals surface area contributed by atoms with Crippen LogP contribution in [0.25, 0.3) is 0 Å². The number of rotatable bonds is 6. The summed E-state index contributed by atoms with van der Waals surface area (Å²) in [5, 5.41) is 0. The Labute approximate surface area is 68.4 Å². The molecule has 1 nitrogen and oxygen atoms in total. The molecule has 0 saturated heterocycles. The van der Waals surface area contributed by atoms with Crippen LogP contribution in [0, 0.1) is 0 Å². The first-order chi connectivity index (χ1) is 5.41. The molecule has 0 rings (SSSR count). The van der Waals surface area contributed by atoms with Gasteiger partial charge in [0.05, 0.1) is 13.2 Å². The Morgan fingerprint density at radius 2 is 1.36 bits per heavy atom. The zero-order chi connectivity index (χ0) is 8.36. The molecule has 0 unspecified atom stereocenters. The Morgan fingerprint density at radius 1 is 0.909 bits per heavy atom. The minimum absolute atomic E-state index is 0.632. The molecular weight excluding hydrogens is 136 g/mol. The highest BCUT2D eigenvalue weighted by atomic mass is 16.5. The smallest absolute Gasteiger partial charge is 0.0654 e. The fourth-order valence-electron chi connectivity index (χ4n) is 0.508. The molecular formula is C10H14O. The lowest BCUT2D eigenvalue weighted by atomic mass is 10.5. The molecule has 0 amide bonds. The second-order valence-electron chi connectivity index (χ2n) is 1.87. The van der Waals surface area contributed by atoms with Crippen molar-refractivity contribution in [2.75, 3.05) is 13.2 Å². The quantitative estimate of drug-likeness (QED) is 0.417. The van der Waals surface area contributed by atoms with Gasteiger partial charge in [0.25, 0.3) is 0 Å². The van der Waals surface area contributed by atoms with Crippen LogP contribution in [0.5, 0.6) is 0 Å². The predicted molar refractivity (Wildman–Crippen MR) is 49.5 cm³/mol. The summed E-state index contributed by atoms with van der Waals surface area (Å²) in [5.41, 5.74) is 0. The first kappa shape index (κ1) is 9.92. The lowest BCUT2D eigenvalue weighted by Crippen LogP contribution is -1.89. The minimum Gasteiger partial charge on any atom is -0.373 e. The summed E-state index contributed by atoms with van der Waals surface area (Å²) in [4.78, 5) is 0. The molecule has 0 radical (unpaired) electrons. The lowest BCUT2D eigenvalue weighted by molar-refractivity contribution is 0.194. The molecule has 0 atom stereocenters. The Bertz CT molecular complexity index is 136. The van der Waals surface area contributed by atoms with E-state index in [1.165, 1.54) is 0 Å². The molecule has 0 saturated carbocycles. The maximum atomic E-state index is 5.17. The SMILES string of the molecule is C=CC=CCOCC=CC=C. The molecule has 0 N–H and O–H groups in total. The molecule has 0 aliphatic rings. The van der Waals surface area contributed by atoms with Crippen molar-refractivity contribution in [3.8, 4) is 0 Å². The highest BCUT2D eigenvalue weighted by Crippen LogP contribution is 1.80. The van der Waals surface area contributed by atoms with Crippen LogP contribution in [0.3, 0.4) is 0 Å². The molecule has 0 aliphatic heterocycles. The van der Waals surface area contributed by atoms with Crippen LogP contribution in [0.2, 0.25) is 0 Å². The Morgan fingerprint density at radius 3 is 1.73 bits per heavy atom. The van der Waals surface area contributed by atoms with E-state index in [0.717, 1.165) is 0 Å². The van der Waals surface area contributed by atoms with Crippen molar-refractivity contribution in [1.82, 2.24) is 0 Å². The average Bonchev–Trinajstić information content (AvgIpc) is 2.03. The average molecular weight is 150 g/mol. The summed E-state index contributed by atoms with van der Waals surface area (Å²) < 4.78 is 5.17. The standard InChI is InChI=1S/C10H14O/c1-3-5-7-9-11-10-8-6-4-2/h3-8H,1-2,9-10H2. The lowest BCUT2D eigenvalue weighted by Gasteiger charge is -1.92. The van der Waals surface area contributed by atoms with Crippen LogP contribution in [0.15, 0.2) is 49.6 Å². The molecule has 0 bridgehead atoms. The molecule has 60 valence electrons. The fraction of sp³-hybridized carbons (Fsp3) is 0.200. The van der Waals surface area contributed by atoms with Gasteiger partial charge in [0.15, 0.2) is 0 Å². The second-order valence-corrected chi connectivity index (χ2v) is 1.87. The van der Waals surface area contributed by atoms with Gasteiger partial charge in [-0.2, -0.15) is 0 Å². The van der Waals surface area contributed by atoms with Crippen molar-refractivity contribution in [3.63, 3.8) is 0 Å². The summed E-state index contributed by atoms with van der Waals surface area (Å²) >= 11 is 0. The molecule has 0 aromatic carbocycles. The van der Waals surface area contributed by atoms with Crippen LogP contribution in [-0.4, -0.2) is 13.2 Å². The first-order valence-corrected chi connectivity index (χ1v) is 3.54. The van der Waals surface area contributed by atoms with E-state index in [4.69, 9.17) is 4.74 Å². The Balaban J connectivity index is 3.14. The van der Waals surface area contributed by atoms with E-state index >= 15 is 0 Å². The fourth-order valence-corrected chi connectivity index (χ4v) is 0.508. The summed E-state index contributed by atoms with van der Waals surface area (Å²) in [6, 6.07) is 0. The van der Waals surface area contributed by atoms with Crippen molar-refractivity contribution in [2.45, 2.75) is 0 Å². The van der Waals surface area contributed by atoms with E-state index < -0.39 is 0 Å².